The van der Waals surface area contributed by atoms with Crippen molar-refractivity contribution < 1.29 is 9.82 Å². The summed E-state index contributed by atoms with van der Waals surface area (Å²) in [7, 11) is 1.04. The molecular weight excluding hydrogens is 201 g/mol. The Morgan fingerprint density at radius 1 is 1.12 bits per heavy atom. The van der Waals surface area contributed by atoms with Crippen LogP contribution in [0.25, 0.3) is 0 Å². The minimum absolute atomic E-state index is 0.101. The van der Waals surface area contributed by atoms with E-state index in [1.165, 1.54) is 6.42 Å². The summed E-state index contributed by atoms with van der Waals surface area (Å²) in [6.45, 7) is 1.74. The number of piperidine rings is 1. The molecule has 0 aromatic heterocycles. The first-order chi connectivity index (χ1) is 7.81. The quantitative estimate of drug-likeness (QED) is 0.733. The van der Waals surface area contributed by atoms with E-state index < -0.39 is 0 Å². The van der Waals surface area contributed by atoms with Crippen LogP contribution in [0.2, 0.25) is 0 Å². The molecule has 1 saturated heterocycles. The van der Waals surface area contributed by atoms with Gasteiger partial charge in [-0.2, -0.15) is 0 Å². The van der Waals surface area contributed by atoms with Gasteiger partial charge in [0.25, 0.3) is 5.91 Å². The Balaban J connectivity index is 2.07. The number of benzene rings is 1. The van der Waals surface area contributed by atoms with Crippen LogP contribution < -0.4 is 5.46 Å². The van der Waals surface area contributed by atoms with Crippen LogP contribution in [0.3, 0.4) is 0 Å². The molecule has 1 aliphatic rings. The van der Waals surface area contributed by atoms with Gasteiger partial charge in [0.2, 0.25) is 0 Å². The van der Waals surface area contributed by atoms with Crippen molar-refractivity contribution in [3.05, 3.63) is 29.8 Å². The zero-order valence-electron chi connectivity index (χ0n) is 9.22. The predicted molar refractivity (Wildman–Crippen MR) is 63.8 cm³/mol. The van der Waals surface area contributed by atoms with Crippen molar-refractivity contribution in [2.24, 2.45) is 0 Å². The topological polar surface area (TPSA) is 40.5 Å². The minimum Gasteiger partial charge on any atom is -0.450 e. The molecule has 83 valence electrons. The smallest absolute Gasteiger partial charge is 0.326 e. The van der Waals surface area contributed by atoms with Crippen LogP contribution in [0.4, 0.5) is 0 Å². The molecule has 0 bridgehead atoms. The highest BCUT2D eigenvalue weighted by Gasteiger charge is 2.17. The van der Waals surface area contributed by atoms with Crippen LogP contribution >= 0.6 is 0 Å². The van der Waals surface area contributed by atoms with Gasteiger partial charge in [0, 0.05) is 18.7 Å². The molecule has 0 saturated carbocycles. The molecule has 1 radical (unpaired) electrons. The van der Waals surface area contributed by atoms with Crippen molar-refractivity contribution in [3.63, 3.8) is 0 Å². The number of likely N-dealkylation sites (tertiary alicyclic amines) is 1. The Morgan fingerprint density at radius 3 is 2.31 bits per heavy atom. The monoisotopic (exact) mass is 216 g/mol. The molecule has 1 aromatic rings. The molecule has 1 amide bonds. The lowest BCUT2D eigenvalue weighted by Crippen LogP contribution is -2.35. The van der Waals surface area contributed by atoms with E-state index in [4.69, 9.17) is 5.02 Å². The fraction of sp³-hybridized carbons (Fsp3) is 0.417. The lowest BCUT2D eigenvalue weighted by Gasteiger charge is -2.26. The van der Waals surface area contributed by atoms with Gasteiger partial charge in [-0.05, 0) is 31.4 Å². The van der Waals surface area contributed by atoms with E-state index in [2.05, 4.69) is 0 Å². The van der Waals surface area contributed by atoms with Crippen molar-refractivity contribution >= 4 is 18.9 Å². The van der Waals surface area contributed by atoms with Gasteiger partial charge in [-0.25, -0.2) is 0 Å². The lowest BCUT2D eigenvalue weighted by atomic mass is 9.88. The summed E-state index contributed by atoms with van der Waals surface area (Å²) in [5.41, 5.74) is 1.42. The first-order valence-corrected chi connectivity index (χ1v) is 5.68. The van der Waals surface area contributed by atoms with Crippen molar-refractivity contribution in [2.75, 3.05) is 13.1 Å². The molecule has 1 heterocycles. The van der Waals surface area contributed by atoms with Gasteiger partial charge in [0.1, 0.15) is 0 Å². The third-order valence-electron chi connectivity index (χ3n) is 2.95. The molecule has 2 rings (SSSR count). The zero-order valence-corrected chi connectivity index (χ0v) is 9.22. The van der Waals surface area contributed by atoms with Gasteiger partial charge in [0.15, 0.2) is 0 Å². The van der Waals surface area contributed by atoms with Gasteiger partial charge in [0.05, 0.1) is 0 Å². The number of carbonyl (C=O) groups is 1. The first kappa shape index (κ1) is 11.2. The van der Waals surface area contributed by atoms with Gasteiger partial charge >= 0.3 is 7.48 Å². The first-order valence-electron chi connectivity index (χ1n) is 5.68. The van der Waals surface area contributed by atoms with E-state index in [0.717, 1.165) is 38.9 Å². The predicted octanol–water partition coefficient (Wildman–Crippen LogP) is 0.550. The van der Waals surface area contributed by atoms with Gasteiger partial charge in [-0.15, -0.1) is 0 Å². The molecule has 0 spiro atoms. The average molecular weight is 216 g/mol. The highest BCUT2D eigenvalue weighted by molar-refractivity contribution is 6.45. The van der Waals surface area contributed by atoms with Crippen LogP contribution in [0, 0.1) is 0 Å². The second-order valence-electron chi connectivity index (χ2n) is 4.10. The molecule has 16 heavy (non-hydrogen) atoms. The summed E-state index contributed by atoms with van der Waals surface area (Å²) in [5, 5.41) is 8.80. The van der Waals surface area contributed by atoms with E-state index in [-0.39, 0.29) is 5.91 Å². The maximum Gasteiger partial charge on any atom is 0.326 e. The molecule has 4 heteroatoms. The fourth-order valence-corrected chi connectivity index (χ4v) is 1.99. The molecule has 1 fully saturated rings. The Morgan fingerprint density at radius 2 is 1.75 bits per heavy atom. The van der Waals surface area contributed by atoms with Crippen LogP contribution in [0.15, 0.2) is 24.3 Å². The third kappa shape index (κ3) is 2.45. The molecule has 3 nitrogen and oxygen atoms in total. The Labute approximate surface area is 96.4 Å². The van der Waals surface area contributed by atoms with E-state index in [9.17, 15) is 4.79 Å². The SMILES string of the molecule is O=C(c1ccc([B]O)cc1)N1CCCCC1. The molecule has 1 aliphatic heterocycles. The largest absolute Gasteiger partial charge is 0.450 e. The molecule has 0 aliphatic carbocycles. The maximum atomic E-state index is 12.1. The van der Waals surface area contributed by atoms with Crippen molar-refractivity contribution in [2.45, 2.75) is 19.3 Å². The number of hydrogen-bond acceptors (Lipinski definition) is 2. The van der Waals surface area contributed by atoms with Gasteiger partial charge < -0.3 is 9.92 Å². The Bertz CT molecular complexity index is 358. The number of nitrogens with zero attached hydrogens (tertiary/aromatic N) is 1. The maximum absolute atomic E-state index is 12.1. The average Bonchev–Trinajstić information content (AvgIpc) is 2.39. The number of amides is 1. The zero-order chi connectivity index (χ0) is 11.4. The fourth-order valence-electron chi connectivity index (χ4n) is 1.99. The summed E-state index contributed by atoms with van der Waals surface area (Å²) < 4.78 is 0. The Hall–Kier alpha value is -1.29. The molecule has 0 unspecified atom stereocenters. The number of carbonyl (C=O) groups excluding carboxylic acids is 1. The summed E-state index contributed by atoms with van der Waals surface area (Å²) >= 11 is 0. The summed E-state index contributed by atoms with van der Waals surface area (Å²) in [5.74, 6) is 0.101. The number of hydrogen-bond donors (Lipinski definition) is 1. The van der Waals surface area contributed by atoms with E-state index in [1.807, 2.05) is 4.90 Å². The molecule has 1 aromatic carbocycles. The van der Waals surface area contributed by atoms with Crippen LogP contribution in [0.5, 0.6) is 0 Å². The number of rotatable bonds is 2. The van der Waals surface area contributed by atoms with Crippen molar-refractivity contribution in [1.82, 2.24) is 4.90 Å². The van der Waals surface area contributed by atoms with Crippen LogP contribution in [-0.4, -0.2) is 36.4 Å². The summed E-state index contributed by atoms with van der Waals surface area (Å²) in [6.07, 6.45) is 3.44. The molecule has 0 atom stereocenters. The van der Waals surface area contributed by atoms with Gasteiger partial charge in [-0.3, -0.25) is 4.79 Å². The molecular formula is C12H15BNO2. The lowest BCUT2D eigenvalue weighted by molar-refractivity contribution is 0.0724. The van der Waals surface area contributed by atoms with E-state index in [0.29, 0.717) is 5.56 Å². The van der Waals surface area contributed by atoms with E-state index >= 15 is 0 Å². The normalized spacial score (nSPS) is 15.9. The standard InChI is InChI=1S/C12H15BNO2/c15-12(14-8-2-1-3-9-14)10-4-6-11(13-16)7-5-10/h4-7,16H,1-3,8-9H2. The van der Waals surface area contributed by atoms with Crippen molar-refractivity contribution in [3.8, 4) is 0 Å². The minimum atomic E-state index is 0.101. The third-order valence-corrected chi connectivity index (χ3v) is 2.95. The van der Waals surface area contributed by atoms with Crippen LogP contribution in [-0.2, 0) is 0 Å². The van der Waals surface area contributed by atoms with Gasteiger partial charge in [-0.1, -0.05) is 17.6 Å². The van der Waals surface area contributed by atoms with Crippen LogP contribution in [0.1, 0.15) is 29.6 Å². The summed E-state index contributed by atoms with van der Waals surface area (Å²) in [4.78, 5) is 14.0. The second kappa shape index (κ2) is 5.17. The highest BCUT2D eigenvalue weighted by Crippen LogP contribution is 2.12. The van der Waals surface area contributed by atoms with E-state index in [1.54, 1.807) is 24.3 Å². The highest BCUT2D eigenvalue weighted by atomic mass is 16.2. The van der Waals surface area contributed by atoms with Crippen molar-refractivity contribution in [1.29, 1.82) is 0 Å². The summed E-state index contributed by atoms with van der Waals surface area (Å²) in [6, 6.07) is 7.02. The molecule has 1 N–H and O–H groups in total. The second-order valence-corrected chi connectivity index (χ2v) is 4.10. The Kier molecular flexibility index (Phi) is 3.62.